The van der Waals surface area contributed by atoms with Crippen molar-refractivity contribution in [1.82, 2.24) is 14.8 Å². The number of nitrogens with two attached hydrogens (primary N) is 1. The molecule has 3 N–H and O–H groups in total. The van der Waals surface area contributed by atoms with Gasteiger partial charge in [0.05, 0.1) is 11.4 Å². The lowest BCUT2D eigenvalue weighted by atomic mass is 10.3. The second kappa shape index (κ2) is 4.96. The largest absolute Gasteiger partial charge is 0.296 e. The van der Waals surface area contributed by atoms with E-state index in [0.717, 1.165) is 11.3 Å². The topological polar surface area (TPSA) is 120 Å². The fourth-order valence-corrected chi connectivity index (χ4v) is 3.54. The number of anilines is 1. The van der Waals surface area contributed by atoms with Crippen molar-refractivity contribution >= 4 is 32.4 Å². The number of thiazole rings is 1. The number of amides is 1. The number of carbonyl (C=O) groups excluding carboxylic acids is 1. The second-order valence-electron chi connectivity index (χ2n) is 4.19. The molecule has 0 fully saturated rings. The number of carbonyl (C=O) groups is 1. The van der Waals surface area contributed by atoms with Crippen LogP contribution >= 0.6 is 11.3 Å². The van der Waals surface area contributed by atoms with Crippen LogP contribution in [-0.2, 0) is 17.1 Å². The smallest absolute Gasteiger partial charge is 0.275 e. The molecule has 0 saturated heterocycles. The summed E-state index contributed by atoms with van der Waals surface area (Å²) in [5.74, 6) is -0.414. The Morgan fingerprint density at radius 3 is 2.55 bits per heavy atom. The molecular formula is C10H13N5O3S2. The van der Waals surface area contributed by atoms with Gasteiger partial charge >= 0.3 is 0 Å². The first kappa shape index (κ1) is 14.6. The van der Waals surface area contributed by atoms with E-state index in [-0.39, 0.29) is 15.0 Å². The van der Waals surface area contributed by atoms with E-state index < -0.39 is 15.9 Å². The average molecular weight is 315 g/mol. The zero-order valence-corrected chi connectivity index (χ0v) is 12.7. The summed E-state index contributed by atoms with van der Waals surface area (Å²) in [6, 6.07) is 1.62. The molecule has 0 aliphatic heterocycles. The van der Waals surface area contributed by atoms with Gasteiger partial charge in [0.2, 0.25) is 10.0 Å². The Hall–Kier alpha value is -1.78. The number of hydrogen-bond donors (Lipinski definition) is 2. The summed E-state index contributed by atoms with van der Waals surface area (Å²) in [5, 5.41) is 11.8. The standard InChI is InChI=1S/C10H13N5O3S2/c1-5-4-7(15(3)14-5)8(16)13-10-12-6(2)9(19-10)20(11,17)18/h4H,1-3H3,(H2,11,17,18)(H,12,13,16). The number of primary sulfonamides is 1. The molecule has 10 heteroatoms. The predicted octanol–water partition coefficient (Wildman–Crippen LogP) is 0.393. The Morgan fingerprint density at radius 1 is 1.45 bits per heavy atom. The number of sulfonamides is 1. The minimum atomic E-state index is -3.83. The fourth-order valence-electron chi connectivity index (χ4n) is 1.68. The Balaban J connectivity index is 2.27. The van der Waals surface area contributed by atoms with E-state index in [1.807, 2.05) is 0 Å². The maximum absolute atomic E-state index is 12.0. The summed E-state index contributed by atoms with van der Waals surface area (Å²) in [7, 11) is -2.19. The summed E-state index contributed by atoms with van der Waals surface area (Å²) >= 11 is 0.816. The number of rotatable bonds is 3. The van der Waals surface area contributed by atoms with Gasteiger partial charge in [0.15, 0.2) is 9.34 Å². The summed E-state index contributed by atoms with van der Waals surface area (Å²) in [5.41, 5.74) is 1.32. The van der Waals surface area contributed by atoms with Crippen LogP contribution in [0.5, 0.6) is 0 Å². The van der Waals surface area contributed by atoms with Crippen LogP contribution < -0.4 is 10.5 Å². The zero-order valence-electron chi connectivity index (χ0n) is 11.0. The van der Waals surface area contributed by atoms with E-state index in [9.17, 15) is 13.2 Å². The van der Waals surface area contributed by atoms with Gasteiger partial charge in [-0.3, -0.25) is 14.8 Å². The lowest BCUT2D eigenvalue weighted by Crippen LogP contribution is -2.15. The molecule has 0 aliphatic rings. The van der Waals surface area contributed by atoms with Crippen molar-refractivity contribution in [3.05, 3.63) is 23.1 Å². The van der Waals surface area contributed by atoms with Crippen LogP contribution in [-0.4, -0.2) is 29.1 Å². The van der Waals surface area contributed by atoms with Gasteiger partial charge in [-0.05, 0) is 19.9 Å². The first-order valence-electron chi connectivity index (χ1n) is 5.50. The number of aromatic nitrogens is 3. The molecule has 2 aromatic rings. The normalized spacial score (nSPS) is 11.6. The van der Waals surface area contributed by atoms with Gasteiger partial charge in [0.25, 0.3) is 5.91 Å². The van der Waals surface area contributed by atoms with E-state index in [1.165, 1.54) is 11.6 Å². The molecule has 108 valence electrons. The van der Waals surface area contributed by atoms with Crippen molar-refractivity contribution in [2.75, 3.05) is 5.32 Å². The summed E-state index contributed by atoms with van der Waals surface area (Å²) in [4.78, 5) is 16.0. The molecule has 0 aliphatic carbocycles. The number of aryl methyl sites for hydroxylation is 3. The van der Waals surface area contributed by atoms with Gasteiger partial charge in [0.1, 0.15) is 5.69 Å². The first-order valence-corrected chi connectivity index (χ1v) is 7.87. The molecule has 0 radical (unpaired) electrons. The predicted molar refractivity (Wildman–Crippen MR) is 74.1 cm³/mol. The minimum absolute atomic E-state index is 0.0611. The molecule has 8 nitrogen and oxygen atoms in total. The van der Waals surface area contributed by atoms with E-state index in [1.54, 1.807) is 20.0 Å². The number of nitrogens with one attached hydrogen (secondary N) is 1. The van der Waals surface area contributed by atoms with Crippen LogP contribution in [0.3, 0.4) is 0 Å². The van der Waals surface area contributed by atoms with Crippen LogP contribution in [0, 0.1) is 13.8 Å². The van der Waals surface area contributed by atoms with Crippen molar-refractivity contribution in [2.24, 2.45) is 12.2 Å². The Bertz CT molecular complexity index is 775. The number of hydrogen-bond acceptors (Lipinski definition) is 6. The van der Waals surface area contributed by atoms with E-state index in [4.69, 9.17) is 5.14 Å². The lowest BCUT2D eigenvalue weighted by Gasteiger charge is -2.00. The third-order valence-electron chi connectivity index (χ3n) is 2.47. The van der Waals surface area contributed by atoms with Crippen LogP contribution in [0.1, 0.15) is 21.9 Å². The van der Waals surface area contributed by atoms with Crippen molar-refractivity contribution in [3.63, 3.8) is 0 Å². The quantitative estimate of drug-likeness (QED) is 0.849. The molecule has 0 unspecified atom stereocenters. The molecule has 2 rings (SSSR count). The lowest BCUT2D eigenvalue weighted by molar-refractivity contribution is 0.101. The van der Waals surface area contributed by atoms with Crippen molar-refractivity contribution in [2.45, 2.75) is 18.1 Å². The summed E-state index contributed by atoms with van der Waals surface area (Å²) in [6.45, 7) is 3.28. The third kappa shape index (κ3) is 2.86. The summed E-state index contributed by atoms with van der Waals surface area (Å²) in [6.07, 6.45) is 0. The average Bonchev–Trinajstić information content (AvgIpc) is 2.81. The van der Waals surface area contributed by atoms with E-state index in [0.29, 0.717) is 11.4 Å². The molecule has 1 amide bonds. The van der Waals surface area contributed by atoms with E-state index in [2.05, 4.69) is 15.4 Å². The second-order valence-corrected chi connectivity index (χ2v) is 6.94. The highest BCUT2D eigenvalue weighted by Gasteiger charge is 2.20. The molecular weight excluding hydrogens is 302 g/mol. The van der Waals surface area contributed by atoms with Crippen LogP contribution in [0.4, 0.5) is 5.13 Å². The zero-order chi connectivity index (χ0) is 15.1. The first-order chi connectivity index (χ1) is 9.18. The Morgan fingerprint density at radius 2 is 2.10 bits per heavy atom. The maximum Gasteiger partial charge on any atom is 0.275 e. The highest BCUT2D eigenvalue weighted by molar-refractivity contribution is 7.91. The monoisotopic (exact) mass is 315 g/mol. The fraction of sp³-hybridized carbons (Fsp3) is 0.300. The van der Waals surface area contributed by atoms with Crippen LogP contribution in [0.15, 0.2) is 10.3 Å². The molecule has 0 saturated carbocycles. The van der Waals surface area contributed by atoms with Crippen LogP contribution in [0.25, 0.3) is 0 Å². The van der Waals surface area contributed by atoms with Gasteiger partial charge in [0, 0.05) is 7.05 Å². The molecule has 2 heterocycles. The van der Waals surface area contributed by atoms with Gasteiger partial charge in [-0.15, -0.1) is 0 Å². The van der Waals surface area contributed by atoms with Gasteiger partial charge in [-0.2, -0.15) is 5.10 Å². The molecule has 0 bridgehead atoms. The van der Waals surface area contributed by atoms with Gasteiger partial charge in [-0.25, -0.2) is 18.5 Å². The Labute approximate surface area is 119 Å². The molecule has 20 heavy (non-hydrogen) atoms. The van der Waals surface area contributed by atoms with E-state index >= 15 is 0 Å². The highest BCUT2D eigenvalue weighted by atomic mass is 32.2. The minimum Gasteiger partial charge on any atom is -0.296 e. The SMILES string of the molecule is Cc1cc(C(=O)Nc2nc(C)c(S(N)(=O)=O)s2)n(C)n1. The Kier molecular flexibility index (Phi) is 3.63. The van der Waals surface area contributed by atoms with Crippen molar-refractivity contribution in [3.8, 4) is 0 Å². The van der Waals surface area contributed by atoms with Gasteiger partial charge in [-0.1, -0.05) is 11.3 Å². The molecule has 0 spiro atoms. The highest BCUT2D eigenvalue weighted by Crippen LogP contribution is 2.26. The van der Waals surface area contributed by atoms with Crippen LogP contribution in [0.2, 0.25) is 0 Å². The van der Waals surface area contributed by atoms with Crippen molar-refractivity contribution < 1.29 is 13.2 Å². The molecule has 0 aromatic carbocycles. The maximum atomic E-state index is 12.0. The van der Waals surface area contributed by atoms with Gasteiger partial charge < -0.3 is 0 Å². The molecule has 0 atom stereocenters. The number of nitrogens with zero attached hydrogens (tertiary/aromatic N) is 3. The summed E-state index contributed by atoms with van der Waals surface area (Å²) < 4.78 is 24.0. The third-order valence-corrected chi connectivity index (χ3v) is 5.09. The van der Waals surface area contributed by atoms with Crippen molar-refractivity contribution in [1.29, 1.82) is 0 Å². The molecule has 2 aromatic heterocycles.